The first kappa shape index (κ1) is 27.6. The second-order valence-corrected chi connectivity index (χ2v) is 13.1. The van der Waals surface area contributed by atoms with Crippen LogP contribution in [0.2, 0.25) is 0 Å². The fourth-order valence-electron chi connectivity index (χ4n) is 7.00. The van der Waals surface area contributed by atoms with E-state index in [9.17, 15) is 0 Å². The van der Waals surface area contributed by atoms with Gasteiger partial charge in [0.15, 0.2) is 0 Å². The molecule has 5 heteroatoms. The maximum atomic E-state index is 7.65. The Bertz CT molecular complexity index is 1170. The third-order valence-electron chi connectivity index (χ3n) is 8.77. The number of nitrogens with zero attached hydrogens (tertiary/aromatic N) is 2. The highest BCUT2D eigenvalue weighted by Gasteiger charge is 2.48. The van der Waals surface area contributed by atoms with Gasteiger partial charge in [0.25, 0.3) is 0 Å². The molecule has 1 aromatic rings. The zero-order valence-corrected chi connectivity index (χ0v) is 25.3. The maximum absolute atomic E-state index is 7.65. The first-order chi connectivity index (χ1) is 18.0. The van der Waals surface area contributed by atoms with Gasteiger partial charge in [-0.25, -0.2) is 0 Å². The van der Waals surface area contributed by atoms with Crippen molar-refractivity contribution in [2.45, 2.75) is 91.5 Å². The number of halogens is 1. The van der Waals surface area contributed by atoms with Gasteiger partial charge in [-0.2, -0.15) is 0 Å². The standard InChI is InChI=1S/C33H46ClN3O/c1-9-24-19-35-21(3)12-15-27(24)37-17-16-36-22(4)18-26-29(25-13-10-20(2)11-14-25)28(23(5)38-33(6,7)8)30(34)32(37)31(26)36/h10-15,18,21,23-24,26-27,29,35H,9,16-17,19H2,1-8H3/t21?,23-,24-,26?,27?,29?/m1/s1. The van der Waals surface area contributed by atoms with E-state index in [1.54, 1.807) is 0 Å². The lowest BCUT2D eigenvalue weighted by Gasteiger charge is -2.49. The SMILES string of the molecule is CC[C@@H]1CNC(C)C=CC1N1CCN2C(C)=CC3C2=C1C(Cl)=C([C@@H](C)OC(C)(C)C)C3c1ccc(C)cc1. The lowest BCUT2D eigenvalue weighted by atomic mass is 9.73. The van der Waals surface area contributed by atoms with Gasteiger partial charge in [-0.05, 0) is 71.9 Å². The minimum atomic E-state index is -0.269. The van der Waals surface area contributed by atoms with Crippen LogP contribution < -0.4 is 5.32 Å². The Hall–Kier alpha value is -2.01. The molecule has 0 aromatic heterocycles. The normalized spacial score (nSPS) is 30.4. The minimum Gasteiger partial charge on any atom is -0.368 e. The molecule has 0 amide bonds. The zero-order chi connectivity index (χ0) is 27.4. The van der Waals surface area contributed by atoms with Gasteiger partial charge in [-0.1, -0.05) is 66.6 Å². The Morgan fingerprint density at radius 1 is 1.11 bits per heavy atom. The van der Waals surface area contributed by atoms with Crippen molar-refractivity contribution in [2.24, 2.45) is 11.8 Å². The van der Waals surface area contributed by atoms with Gasteiger partial charge in [0.05, 0.1) is 34.2 Å². The van der Waals surface area contributed by atoms with Crippen LogP contribution in [0.1, 0.15) is 71.9 Å². The Kier molecular flexibility index (Phi) is 7.63. The quantitative estimate of drug-likeness (QED) is 0.407. The molecule has 5 rings (SSSR count). The molecule has 0 fully saturated rings. The van der Waals surface area contributed by atoms with E-state index in [1.165, 1.54) is 33.8 Å². The molecule has 1 aliphatic carbocycles. The Morgan fingerprint density at radius 3 is 2.47 bits per heavy atom. The summed E-state index contributed by atoms with van der Waals surface area (Å²) < 4.78 is 6.65. The highest BCUT2D eigenvalue weighted by molar-refractivity contribution is 6.32. The first-order valence-corrected chi connectivity index (χ1v) is 14.9. The summed E-state index contributed by atoms with van der Waals surface area (Å²) in [5.74, 6) is 0.911. The average Bonchev–Trinajstić information content (AvgIpc) is 3.06. The first-order valence-electron chi connectivity index (χ1n) is 14.5. The van der Waals surface area contributed by atoms with E-state index in [1.807, 2.05) is 0 Å². The van der Waals surface area contributed by atoms with Crippen molar-refractivity contribution in [3.63, 3.8) is 0 Å². The van der Waals surface area contributed by atoms with Crippen molar-refractivity contribution < 1.29 is 4.74 Å². The van der Waals surface area contributed by atoms with Gasteiger partial charge >= 0.3 is 0 Å². The van der Waals surface area contributed by atoms with Crippen LogP contribution in [0.4, 0.5) is 0 Å². The van der Waals surface area contributed by atoms with Crippen LogP contribution in [-0.2, 0) is 4.74 Å². The zero-order valence-electron chi connectivity index (χ0n) is 24.5. The predicted octanol–water partition coefficient (Wildman–Crippen LogP) is 7.09. The van der Waals surface area contributed by atoms with Gasteiger partial charge in [0, 0.05) is 43.2 Å². The smallest absolute Gasteiger partial charge is 0.0788 e. The molecule has 0 spiro atoms. The van der Waals surface area contributed by atoms with E-state index >= 15 is 0 Å². The topological polar surface area (TPSA) is 27.7 Å². The van der Waals surface area contributed by atoms with Crippen LogP contribution in [0.3, 0.4) is 0 Å². The molecule has 3 aliphatic heterocycles. The van der Waals surface area contributed by atoms with Crippen LogP contribution in [0.15, 0.2) is 70.2 Å². The molecule has 0 radical (unpaired) electrons. The molecule has 1 N–H and O–H groups in total. The Labute approximate surface area is 235 Å². The summed E-state index contributed by atoms with van der Waals surface area (Å²) in [6, 6.07) is 9.74. The fraction of sp³-hybridized carbons (Fsp3) is 0.576. The summed E-state index contributed by atoms with van der Waals surface area (Å²) in [4.78, 5) is 5.17. The van der Waals surface area contributed by atoms with Gasteiger partial charge in [0.1, 0.15) is 0 Å². The number of hydrogen-bond acceptors (Lipinski definition) is 4. The maximum Gasteiger partial charge on any atom is 0.0788 e. The van der Waals surface area contributed by atoms with Gasteiger partial charge in [0.2, 0.25) is 0 Å². The second-order valence-electron chi connectivity index (χ2n) is 12.7. The highest BCUT2D eigenvalue weighted by atomic mass is 35.5. The summed E-state index contributed by atoms with van der Waals surface area (Å²) in [7, 11) is 0. The van der Waals surface area contributed by atoms with Gasteiger partial charge < -0.3 is 19.9 Å². The number of nitrogens with one attached hydrogen (secondary N) is 1. The fourth-order valence-corrected chi connectivity index (χ4v) is 7.48. The molecule has 0 saturated heterocycles. The second kappa shape index (κ2) is 10.5. The highest BCUT2D eigenvalue weighted by Crippen LogP contribution is 2.55. The molecule has 0 saturated carbocycles. The number of allylic oxidation sites excluding steroid dienone is 3. The molecule has 4 unspecified atom stereocenters. The lowest BCUT2D eigenvalue weighted by molar-refractivity contribution is -0.0380. The van der Waals surface area contributed by atoms with Crippen LogP contribution in [0.25, 0.3) is 0 Å². The summed E-state index contributed by atoms with van der Waals surface area (Å²) in [6.45, 7) is 20.6. The molecule has 3 heterocycles. The van der Waals surface area contributed by atoms with Gasteiger partial charge in [-0.3, -0.25) is 0 Å². The monoisotopic (exact) mass is 535 g/mol. The number of rotatable bonds is 5. The number of ether oxygens (including phenoxy) is 1. The Morgan fingerprint density at radius 2 is 1.82 bits per heavy atom. The molecule has 4 aliphatic rings. The van der Waals surface area contributed by atoms with Crippen molar-refractivity contribution >= 4 is 11.6 Å². The molecule has 6 atom stereocenters. The Balaban J connectivity index is 1.69. The summed E-state index contributed by atoms with van der Waals surface area (Å²) in [6.07, 6.45) is 8.29. The molecule has 38 heavy (non-hydrogen) atoms. The summed E-state index contributed by atoms with van der Waals surface area (Å²) in [5.41, 5.74) is 7.47. The van der Waals surface area contributed by atoms with E-state index in [-0.39, 0.29) is 23.5 Å². The minimum absolute atomic E-state index is 0.109. The average molecular weight is 536 g/mol. The number of benzene rings is 1. The van der Waals surface area contributed by atoms with Crippen LogP contribution in [0.5, 0.6) is 0 Å². The van der Waals surface area contributed by atoms with E-state index in [0.717, 1.165) is 31.1 Å². The van der Waals surface area contributed by atoms with E-state index < -0.39 is 0 Å². The van der Waals surface area contributed by atoms with Crippen molar-refractivity contribution in [1.29, 1.82) is 0 Å². The predicted molar refractivity (Wildman–Crippen MR) is 159 cm³/mol. The van der Waals surface area contributed by atoms with E-state index in [2.05, 4.69) is 113 Å². The van der Waals surface area contributed by atoms with E-state index in [4.69, 9.17) is 16.3 Å². The van der Waals surface area contributed by atoms with Crippen LogP contribution in [-0.4, -0.2) is 53.2 Å². The summed E-state index contributed by atoms with van der Waals surface area (Å²) >= 11 is 7.65. The molecule has 1 aromatic carbocycles. The molecule has 4 nitrogen and oxygen atoms in total. The van der Waals surface area contributed by atoms with Crippen molar-refractivity contribution in [3.05, 3.63) is 81.3 Å². The van der Waals surface area contributed by atoms with Crippen molar-refractivity contribution in [1.82, 2.24) is 15.1 Å². The third kappa shape index (κ3) is 5.00. The lowest BCUT2D eigenvalue weighted by Crippen LogP contribution is -2.50. The summed E-state index contributed by atoms with van der Waals surface area (Å²) in [5, 5.41) is 4.59. The molecule has 206 valence electrons. The van der Waals surface area contributed by atoms with E-state index in [0.29, 0.717) is 18.0 Å². The number of hydrogen-bond donors (Lipinski definition) is 1. The third-order valence-corrected chi connectivity index (χ3v) is 9.17. The van der Waals surface area contributed by atoms with Crippen LogP contribution >= 0.6 is 11.6 Å². The molecular weight excluding hydrogens is 490 g/mol. The number of aryl methyl sites for hydroxylation is 1. The molecule has 0 bridgehead atoms. The van der Waals surface area contributed by atoms with Gasteiger partial charge in [-0.15, -0.1) is 0 Å². The van der Waals surface area contributed by atoms with Crippen molar-refractivity contribution in [2.75, 3.05) is 19.6 Å². The largest absolute Gasteiger partial charge is 0.368 e. The van der Waals surface area contributed by atoms with Crippen LogP contribution in [0, 0.1) is 18.8 Å². The van der Waals surface area contributed by atoms with Crippen molar-refractivity contribution in [3.8, 4) is 0 Å². The molecular formula is C33H46ClN3O.